The van der Waals surface area contributed by atoms with Crippen molar-refractivity contribution in [3.8, 4) is 11.8 Å². The summed E-state index contributed by atoms with van der Waals surface area (Å²) in [5.74, 6) is 6.09. The van der Waals surface area contributed by atoms with Crippen LogP contribution in [-0.4, -0.2) is 48.7 Å². The van der Waals surface area contributed by atoms with E-state index < -0.39 is 0 Å². The normalized spacial score (nSPS) is 10.9. The summed E-state index contributed by atoms with van der Waals surface area (Å²) in [5.41, 5.74) is 2.33. The second kappa shape index (κ2) is 25.6. The number of aromatic nitrogens is 1. The smallest absolute Gasteiger partial charge is 0.101 e. The predicted molar refractivity (Wildman–Crippen MR) is 132 cm³/mol. The van der Waals surface area contributed by atoms with Crippen molar-refractivity contribution in [3.05, 3.63) is 73.4 Å². The fraction of sp³-hybridized carbons (Fsp3) is 0.250. The van der Waals surface area contributed by atoms with Crippen LogP contribution in [0.4, 0.5) is 0 Å². The van der Waals surface area contributed by atoms with Crippen molar-refractivity contribution in [2.24, 2.45) is 20.6 Å². The number of unbranched alkanes of at least 4 members (excludes halogenated alkanes) is 1. The molecule has 0 amide bonds. The van der Waals surface area contributed by atoms with Crippen molar-refractivity contribution < 1.29 is 37.6 Å². The zero-order valence-electron chi connectivity index (χ0n) is 19.8. The van der Waals surface area contributed by atoms with Gasteiger partial charge < -0.3 is 27.8 Å². The zero-order valence-corrected chi connectivity index (χ0v) is 20.8. The number of oxime groups is 4. The van der Waals surface area contributed by atoms with Crippen LogP contribution in [0.25, 0.3) is 0 Å². The van der Waals surface area contributed by atoms with E-state index in [0.717, 1.165) is 18.4 Å². The summed E-state index contributed by atoms with van der Waals surface area (Å²) >= 11 is 0. The van der Waals surface area contributed by atoms with Gasteiger partial charge in [0.05, 0.1) is 0 Å². The molecule has 0 atom stereocenters. The molecule has 1 aromatic carbocycles. The van der Waals surface area contributed by atoms with Gasteiger partial charge in [0.15, 0.2) is 0 Å². The summed E-state index contributed by atoms with van der Waals surface area (Å²) in [4.78, 5) is 3.78. The molecule has 187 valence electrons. The molecule has 2 rings (SSSR count). The third-order valence-corrected chi connectivity index (χ3v) is 3.52. The first-order chi connectivity index (χ1) is 15.9. The SMILES string of the molecule is CC(=N\O)/C(C)=N/O.CC(=N\O)/C(C)=N/O.[CH2-]CCC#Cc1ccccc1.[Co].c1ccncc1. The Morgan fingerprint density at radius 3 is 1.38 bits per heavy atom. The predicted octanol–water partition coefficient (Wildman–Crippen LogP) is 5.10. The van der Waals surface area contributed by atoms with Crippen LogP contribution >= 0.6 is 0 Å². The van der Waals surface area contributed by atoms with Gasteiger partial charge in [-0.15, -0.1) is 5.92 Å². The number of pyridine rings is 1. The molecule has 1 radical (unpaired) electrons. The van der Waals surface area contributed by atoms with Crippen LogP contribution in [0.5, 0.6) is 0 Å². The van der Waals surface area contributed by atoms with Crippen LogP contribution in [0.3, 0.4) is 0 Å². The van der Waals surface area contributed by atoms with Crippen molar-refractivity contribution in [1.82, 2.24) is 4.98 Å². The van der Waals surface area contributed by atoms with E-state index in [2.05, 4.69) is 44.4 Å². The quantitative estimate of drug-likeness (QED) is 0.148. The molecule has 0 bridgehead atoms. The molecule has 4 N–H and O–H groups in total. The minimum Gasteiger partial charge on any atom is -0.411 e. The topological polar surface area (TPSA) is 143 Å². The van der Waals surface area contributed by atoms with E-state index in [-0.39, 0.29) is 16.8 Å². The molecular formula is C24H32CoN5O4-. The maximum atomic E-state index is 8.03. The van der Waals surface area contributed by atoms with Gasteiger partial charge >= 0.3 is 0 Å². The Hall–Kier alpha value is -3.68. The number of hydrogen-bond acceptors (Lipinski definition) is 9. The molecule has 34 heavy (non-hydrogen) atoms. The Morgan fingerprint density at radius 1 is 0.735 bits per heavy atom. The first-order valence-corrected chi connectivity index (χ1v) is 9.81. The van der Waals surface area contributed by atoms with E-state index >= 15 is 0 Å². The maximum absolute atomic E-state index is 8.03. The Bertz CT molecular complexity index is 832. The molecule has 0 unspecified atom stereocenters. The number of nitrogens with zero attached hydrogens (tertiary/aromatic N) is 5. The third-order valence-electron chi connectivity index (χ3n) is 3.52. The molecule has 1 aromatic heterocycles. The molecule has 0 aliphatic heterocycles. The van der Waals surface area contributed by atoms with Gasteiger partial charge in [-0.05, 0) is 58.4 Å². The monoisotopic (exact) mass is 513 g/mol. The molecule has 0 spiro atoms. The molecule has 0 saturated heterocycles. The molecular weight excluding hydrogens is 481 g/mol. The van der Waals surface area contributed by atoms with Crippen molar-refractivity contribution >= 4 is 22.8 Å². The molecule has 0 aliphatic rings. The van der Waals surface area contributed by atoms with Gasteiger partial charge in [0, 0.05) is 34.7 Å². The van der Waals surface area contributed by atoms with Gasteiger partial charge in [0.25, 0.3) is 0 Å². The zero-order chi connectivity index (χ0) is 25.3. The molecule has 0 saturated carbocycles. The van der Waals surface area contributed by atoms with Crippen LogP contribution in [-0.2, 0) is 16.8 Å². The summed E-state index contributed by atoms with van der Waals surface area (Å²) < 4.78 is 0. The molecule has 10 heteroatoms. The summed E-state index contributed by atoms with van der Waals surface area (Å²) in [6, 6.07) is 15.7. The van der Waals surface area contributed by atoms with Gasteiger partial charge in [0.1, 0.15) is 22.8 Å². The van der Waals surface area contributed by atoms with E-state index in [0.29, 0.717) is 22.8 Å². The Balaban J connectivity index is -0.000000382. The molecule has 0 aliphatic carbocycles. The van der Waals surface area contributed by atoms with Crippen LogP contribution < -0.4 is 0 Å². The Kier molecular flexibility index (Phi) is 26.3. The van der Waals surface area contributed by atoms with Crippen LogP contribution in [0.2, 0.25) is 0 Å². The second-order valence-corrected chi connectivity index (χ2v) is 6.04. The molecule has 1 heterocycles. The van der Waals surface area contributed by atoms with Crippen molar-refractivity contribution in [1.29, 1.82) is 0 Å². The van der Waals surface area contributed by atoms with Crippen molar-refractivity contribution in [2.75, 3.05) is 0 Å². The Morgan fingerprint density at radius 2 is 1.12 bits per heavy atom. The van der Waals surface area contributed by atoms with Crippen molar-refractivity contribution in [3.63, 3.8) is 0 Å². The summed E-state index contributed by atoms with van der Waals surface area (Å²) in [6.07, 6.45) is 5.27. The van der Waals surface area contributed by atoms with Crippen LogP contribution in [0.1, 0.15) is 46.1 Å². The summed E-state index contributed by atoms with van der Waals surface area (Å²) in [6.45, 7) is 9.86. The molecule has 0 fully saturated rings. The molecule has 9 nitrogen and oxygen atoms in total. The summed E-state index contributed by atoms with van der Waals surface area (Å²) in [7, 11) is 0. The minimum atomic E-state index is 0. The van der Waals surface area contributed by atoms with Gasteiger partial charge in [0.2, 0.25) is 0 Å². The standard InChI is InChI=1S/C11H11.C5H5N.2C4H8N2O2.Co/c1-2-3-5-8-11-9-6-4-7-10-11;1-2-4-6-5-3-1;2*1-3(5-7)4(2)6-8;/h4,6-7,9-10H,1-3H2;1-5H;2*7-8H,1-2H3;/q-1;;;;/b;;2*5-3+,6-4+;. The van der Waals surface area contributed by atoms with Gasteiger partial charge in [-0.3, -0.25) is 4.98 Å². The fourth-order valence-corrected chi connectivity index (χ4v) is 1.38. The third kappa shape index (κ3) is 21.5. The summed E-state index contributed by atoms with van der Waals surface area (Å²) in [5, 5.41) is 43.3. The average Bonchev–Trinajstić information content (AvgIpc) is 2.89. The first-order valence-electron chi connectivity index (χ1n) is 9.81. The minimum absolute atomic E-state index is 0. The van der Waals surface area contributed by atoms with E-state index in [4.69, 9.17) is 20.8 Å². The van der Waals surface area contributed by atoms with Gasteiger partial charge in [-0.2, -0.15) is 6.42 Å². The van der Waals surface area contributed by atoms with E-state index in [1.807, 2.05) is 48.5 Å². The number of hydrogen-bond donors (Lipinski definition) is 4. The number of rotatable bonds is 3. The Labute approximate surface area is 211 Å². The largest absolute Gasteiger partial charge is 0.411 e. The van der Waals surface area contributed by atoms with Crippen LogP contribution in [0.15, 0.2) is 81.5 Å². The fourth-order valence-electron chi connectivity index (χ4n) is 1.38. The maximum Gasteiger partial charge on any atom is 0.101 e. The van der Waals surface area contributed by atoms with E-state index in [1.54, 1.807) is 12.4 Å². The van der Waals surface area contributed by atoms with Gasteiger partial charge in [-0.25, -0.2) is 0 Å². The van der Waals surface area contributed by atoms with Gasteiger partial charge in [-0.1, -0.05) is 50.8 Å². The first kappa shape index (κ1) is 34.9. The number of benzene rings is 1. The van der Waals surface area contributed by atoms with Crippen LogP contribution in [0, 0.1) is 18.8 Å². The average molecular weight is 513 g/mol. The van der Waals surface area contributed by atoms with E-state index in [9.17, 15) is 0 Å². The van der Waals surface area contributed by atoms with E-state index in [1.165, 1.54) is 27.7 Å². The van der Waals surface area contributed by atoms with Crippen molar-refractivity contribution in [2.45, 2.75) is 40.5 Å². The second-order valence-electron chi connectivity index (χ2n) is 6.04. The molecule has 2 aromatic rings.